The lowest BCUT2D eigenvalue weighted by molar-refractivity contribution is 0.0959. The summed E-state index contributed by atoms with van der Waals surface area (Å²) in [4.78, 5) is 29.4. The van der Waals surface area contributed by atoms with Crippen LogP contribution in [0.1, 0.15) is 87.0 Å². The first-order valence-electron chi connectivity index (χ1n) is 17.0. The van der Waals surface area contributed by atoms with Gasteiger partial charge in [0.15, 0.2) is 5.78 Å². The lowest BCUT2D eigenvalue weighted by Gasteiger charge is -2.31. The Morgan fingerprint density at radius 3 is 2.26 bits per heavy atom. The summed E-state index contributed by atoms with van der Waals surface area (Å²) in [6, 6.07) is 25.7. The summed E-state index contributed by atoms with van der Waals surface area (Å²) in [5.41, 5.74) is 6.36. The van der Waals surface area contributed by atoms with Crippen molar-refractivity contribution >= 4 is 29.0 Å². The van der Waals surface area contributed by atoms with Gasteiger partial charge in [0.05, 0.1) is 11.4 Å². The van der Waals surface area contributed by atoms with E-state index in [2.05, 4.69) is 73.7 Å². The van der Waals surface area contributed by atoms with Gasteiger partial charge in [-0.05, 0) is 113 Å². The Bertz CT molecular complexity index is 1640. The van der Waals surface area contributed by atoms with Crippen molar-refractivity contribution in [3.05, 3.63) is 101 Å². The van der Waals surface area contributed by atoms with Crippen LogP contribution in [0.5, 0.6) is 0 Å². The minimum absolute atomic E-state index is 0.0502. The van der Waals surface area contributed by atoms with E-state index in [1.54, 1.807) is 4.68 Å². The fourth-order valence-electron chi connectivity index (χ4n) is 6.41. The molecule has 0 spiro atoms. The number of carbonyl (C=O) groups excluding carboxylic acids is 2. The molecule has 3 aromatic carbocycles. The van der Waals surface area contributed by atoms with Gasteiger partial charge in [0.1, 0.15) is 5.82 Å². The number of anilines is 3. The van der Waals surface area contributed by atoms with Gasteiger partial charge in [-0.1, -0.05) is 50.6 Å². The normalized spacial score (nSPS) is 14.4. The maximum absolute atomic E-state index is 13.7. The second-order valence-electron chi connectivity index (χ2n) is 13.7. The molecule has 3 N–H and O–H groups in total. The maximum Gasteiger partial charge on any atom is 0.324 e. The van der Waals surface area contributed by atoms with Crippen molar-refractivity contribution in [2.24, 2.45) is 5.92 Å². The van der Waals surface area contributed by atoms with Crippen LogP contribution in [0.3, 0.4) is 0 Å². The van der Waals surface area contributed by atoms with E-state index < -0.39 is 0 Å². The van der Waals surface area contributed by atoms with E-state index in [-0.39, 0.29) is 23.1 Å². The zero-order valence-electron chi connectivity index (χ0n) is 28.8. The van der Waals surface area contributed by atoms with Crippen LogP contribution in [0, 0.1) is 12.8 Å². The van der Waals surface area contributed by atoms with Gasteiger partial charge < -0.3 is 15.5 Å². The second kappa shape index (κ2) is 15.0. The van der Waals surface area contributed by atoms with Gasteiger partial charge >= 0.3 is 6.03 Å². The molecule has 2 heterocycles. The minimum atomic E-state index is -0.348. The summed E-state index contributed by atoms with van der Waals surface area (Å²) in [6.45, 7) is 16.4. The second-order valence-corrected chi connectivity index (χ2v) is 13.7. The predicted octanol–water partition coefficient (Wildman–Crippen LogP) is 8.32. The highest BCUT2D eigenvalue weighted by Gasteiger charge is 2.28. The standard InChI is InChI=1S/C39H50N6O2/c1-7-44(8-2)32-18-14-29(15-19-32)35(46)25-34(28-20-22-40-23-21-28)30-10-9-11-31(24-30)41-38(47)42-37-26-36(39(4,5)6)43-45(37)33-16-12-27(3)13-17-33/h9-19,24,26,28,34,40H,7-8,20-23,25H2,1-6H3,(H2,41,42,47). The molecule has 1 aliphatic heterocycles. The third kappa shape index (κ3) is 8.49. The van der Waals surface area contributed by atoms with Crippen LogP contribution < -0.4 is 20.9 Å². The number of amides is 2. The number of aryl methyl sites for hydroxylation is 1. The number of hydrogen-bond donors (Lipinski definition) is 3. The molecular weight excluding hydrogens is 584 g/mol. The number of Topliss-reactive ketones (excluding diaryl/α,β-unsaturated/α-hetero) is 1. The molecule has 2 amide bonds. The first-order valence-corrected chi connectivity index (χ1v) is 17.0. The van der Waals surface area contributed by atoms with Crippen molar-refractivity contribution in [2.45, 2.75) is 72.1 Å². The van der Waals surface area contributed by atoms with E-state index in [0.717, 1.165) is 72.8 Å². The SMILES string of the molecule is CCN(CC)c1ccc(C(=O)CC(c2cccc(NC(=O)Nc3cc(C(C)(C)C)nn3-c3ccc(C)cc3)c2)C2CCNCC2)cc1. The summed E-state index contributed by atoms with van der Waals surface area (Å²) in [5, 5.41) is 14.4. The summed E-state index contributed by atoms with van der Waals surface area (Å²) in [7, 11) is 0. The van der Waals surface area contributed by atoms with E-state index in [1.807, 2.05) is 67.6 Å². The highest BCUT2D eigenvalue weighted by Crippen LogP contribution is 2.36. The van der Waals surface area contributed by atoms with Crippen molar-refractivity contribution in [1.82, 2.24) is 15.1 Å². The zero-order chi connectivity index (χ0) is 33.6. The molecule has 0 bridgehead atoms. The third-order valence-electron chi connectivity index (χ3n) is 9.25. The van der Waals surface area contributed by atoms with Gasteiger partial charge in [0.2, 0.25) is 0 Å². The Morgan fingerprint density at radius 2 is 1.62 bits per heavy atom. The molecule has 1 aliphatic rings. The Labute approximate surface area is 280 Å². The summed E-state index contributed by atoms with van der Waals surface area (Å²) >= 11 is 0. The van der Waals surface area contributed by atoms with Crippen LogP contribution in [0.15, 0.2) is 78.9 Å². The Balaban J connectivity index is 1.35. The molecule has 1 saturated heterocycles. The molecule has 1 fully saturated rings. The number of carbonyl (C=O) groups is 2. The average molecular weight is 635 g/mol. The summed E-state index contributed by atoms with van der Waals surface area (Å²) < 4.78 is 1.78. The van der Waals surface area contributed by atoms with E-state index in [4.69, 9.17) is 5.10 Å². The van der Waals surface area contributed by atoms with Gasteiger partial charge in [-0.15, -0.1) is 0 Å². The third-order valence-corrected chi connectivity index (χ3v) is 9.25. The average Bonchev–Trinajstić information content (AvgIpc) is 3.49. The van der Waals surface area contributed by atoms with Gasteiger partial charge in [-0.2, -0.15) is 5.10 Å². The Hall–Kier alpha value is -4.43. The zero-order valence-corrected chi connectivity index (χ0v) is 28.8. The molecule has 8 nitrogen and oxygen atoms in total. The maximum atomic E-state index is 13.7. The first kappa shape index (κ1) is 33.9. The molecule has 47 heavy (non-hydrogen) atoms. The van der Waals surface area contributed by atoms with Crippen molar-refractivity contribution in [3.8, 4) is 5.69 Å². The number of nitrogens with zero attached hydrogens (tertiary/aromatic N) is 3. The Kier molecular flexibility index (Phi) is 10.8. The number of ketones is 1. The quantitative estimate of drug-likeness (QED) is 0.144. The summed E-state index contributed by atoms with van der Waals surface area (Å²) in [5.74, 6) is 1.17. The highest BCUT2D eigenvalue weighted by atomic mass is 16.2. The molecule has 0 aliphatic carbocycles. The molecule has 4 aromatic rings. The van der Waals surface area contributed by atoms with E-state index in [1.165, 1.54) is 0 Å². The lowest BCUT2D eigenvalue weighted by atomic mass is 9.77. The number of nitrogens with one attached hydrogen (secondary N) is 3. The summed E-state index contributed by atoms with van der Waals surface area (Å²) in [6.07, 6.45) is 2.45. The van der Waals surface area contributed by atoms with Gasteiger partial charge in [-0.3, -0.25) is 10.1 Å². The van der Waals surface area contributed by atoms with E-state index >= 15 is 0 Å². The predicted molar refractivity (Wildman–Crippen MR) is 193 cm³/mol. The topological polar surface area (TPSA) is 91.3 Å². The monoisotopic (exact) mass is 634 g/mol. The molecule has 5 rings (SSSR count). The number of hydrogen-bond acceptors (Lipinski definition) is 5. The van der Waals surface area contributed by atoms with Crippen molar-refractivity contribution in [3.63, 3.8) is 0 Å². The van der Waals surface area contributed by atoms with Crippen LogP contribution in [-0.4, -0.2) is 47.8 Å². The molecule has 0 radical (unpaired) electrons. The Morgan fingerprint density at radius 1 is 0.936 bits per heavy atom. The number of aromatic nitrogens is 2. The number of benzene rings is 3. The van der Waals surface area contributed by atoms with Gasteiger partial charge in [0.25, 0.3) is 0 Å². The number of urea groups is 1. The van der Waals surface area contributed by atoms with Crippen LogP contribution in [-0.2, 0) is 5.41 Å². The van der Waals surface area contributed by atoms with Gasteiger partial charge in [-0.25, -0.2) is 9.48 Å². The van der Waals surface area contributed by atoms with Crippen LogP contribution in [0.4, 0.5) is 22.0 Å². The van der Waals surface area contributed by atoms with Gasteiger partial charge in [0, 0.05) is 47.9 Å². The molecule has 248 valence electrons. The first-order chi connectivity index (χ1) is 22.5. The molecule has 0 saturated carbocycles. The number of rotatable bonds is 11. The smallest absolute Gasteiger partial charge is 0.324 e. The fraction of sp³-hybridized carbons (Fsp3) is 0.410. The largest absolute Gasteiger partial charge is 0.372 e. The van der Waals surface area contributed by atoms with Crippen LogP contribution >= 0.6 is 0 Å². The van der Waals surface area contributed by atoms with E-state index in [9.17, 15) is 9.59 Å². The van der Waals surface area contributed by atoms with Crippen molar-refractivity contribution in [1.29, 1.82) is 0 Å². The van der Waals surface area contributed by atoms with Crippen molar-refractivity contribution < 1.29 is 9.59 Å². The van der Waals surface area contributed by atoms with E-state index in [0.29, 0.717) is 23.8 Å². The molecule has 8 heteroatoms. The minimum Gasteiger partial charge on any atom is -0.372 e. The number of piperidine rings is 1. The van der Waals surface area contributed by atoms with Crippen LogP contribution in [0.25, 0.3) is 5.69 Å². The highest BCUT2D eigenvalue weighted by molar-refractivity contribution is 5.99. The molecule has 1 aromatic heterocycles. The molecule has 1 unspecified atom stereocenters. The van der Waals surface area contributed by atoms with Crippen molar-refractivity contribution in [2.75, 3.05) is 41.7 Å². The lowest BCUT2D eigenvalue weighted by Crippen LogP contribution is -2.31. The van der Waals surface area contributed by atoms with Crippen LogP contribution in [0.2, 0.25) is 0 Å². The molecular formula is C39H50N6O2. The fourth-order valence-corrected chi connectivity index (χ4v) is 6.41. The molecule has 1 atom stereocenters.